The number of aliphatic hydroxyl groups excluding tert-OH is 1. The second kappa shape index (κ2) is 7.10. The van der Waals surface area contributed by atoms with Crippen LogP contribution in [0.2, 0.25) is 0 Å². The minimum absolute atomic E-state index is 0.0688. The maximum atomic E-state index is 13.5. The van der Waals surface area contributed by atoms with E-state index in [9.17, 15) is 13.9 Å². The molecular weight excluding hydrogens is 278 g/mol. The highest BCUT2D eigenvalue weighted by atomic mass is 19.1. The molecule has 0 fully saturated rings. The summed E-state index contributed by atoms with van der Waals surface area (Å²) in [7, 11) is 1.52. The van der Waals surface area contributed by atoms with Crippen molar-refractivity contribution in [1.29, 1.82) is 0 Å². The van der Waals surface area contributed by atoms with E-state index in [4.69, 9.17) is 4.74 Å². The summed E-state index contributed by atoms with van der Waals surface area (Å²) in [5.74, 6) is -0.736. The number of hydrogen-bond acceptors (Lipinski definition) is 4. The quantitative estimate of drug-likeness (QED) is 0.857. The van der Waals surface area contributed by atoms with Crippen LogP contribution in [0.4, 0.5) is 8.78 Å². The van der Waals surface area contributed by atoms with Crippen LogP contribution in [0.25, 0.3) is 0 Å². The van der Waals surface area contributed by atoms with E-state index in [0.29, 0.717) is 12.4 Å². The van der Waals surface area contributed by atoms with Gasteiger partial charge in [-0.05, 0) is 24.3 Å². The Morgan fingerprint density at radius 3 is 2.90 bits per heavy atom. The van der Waals surface area contributed by atoms with Gasteiger partial charge in [-0.3, -0.25) is 0 Å². The molecule has 1 unspecified atom stereocenters. The van der Waals surface area contributed by atoms with Crippen LogP contribution in [0.1, 0.15) is 17.2 Å². The first-order valence-corrected chi connectivity index (χ1v) is 6.43. The maximum absolute atomic E-state index is 13.5. The molecule has 0 aliphatic heterocycles. The number of hydrogen-bond donors (Lipinski definition) is 2. The zero-order valence-corrected chi connectivity index (χ0v) is 11.5. The van der Waals surface area contributed by atoms with E-state index in [1.54, 1.807) is 12.3 Å². The minimum Gasteiger partial charge on any atom is -0.481 e. The molecule has 6 heteroatoms. The number of nitrogens with zero attached hydrogens (tertiary/aromatic N) is 1. The highest BCUT2D eigenvalue weighted by molar-refractivity contribution is 5.25. The molecule has 1 atom stereocenters. The van der Waals surface area contributed by atoms with Gasteiger partial charge in [0.25, 0.3) is 0 Å². The monoisotopic (exact) mass is 294 g/mol. The zero-order valence-electron chi connectivity index (χ0n) is 11.5. The van der Waals surface area contributed by atoms with E-state index in [2.05, 4.69) is 10.3 Å². The molecule has 2 rings (SSSR count). The van der Waals surface area contributed by atoms with Crippen molar-refractivity contribution in [3.05, 3.63) is 59.3 Å². The molecule has 0 amide bonds. The summed E-state index contributed by atoms with van der Waals surface area (Å²) in [6.45, 7) is 0.476. The van der Waals surface area contributed by atoms with E-state index < -0.39 is 17.7 Å². The van der Waals surface area contributed by atoms with E-state index in [-0.39, 0.29) is 12.1 Å². The number of rotatable bonds is 6. The minimum atomic E-state index is -1.14. The smallest absolute Gasteiger partial charge is 0.217 e. The second-order valence-electron chi connectivity index (χ2n) is 4.48. The predicted molar refractivity (Wildman–Crippen MR) is 73.8 cm³/mol. The van der Waals surface area contributed by atoms with Gasteiger partial charge < -0.3 is 15.2 Å². The van der Waals surface area contributed by atoms with Gasteiger partial charge in [0, 0.05) is 30.4 Å². The molecule has 0 saturated heterocycles. The number of aromatic nitrogens is 1. The molecule has 1 heterocycles. The molecule has 2 aromatic rings. The molecule has 0 saturated carbocycles. The van der Waals surface area contributed by atoms with Crippen LogP contribution in [0.3, 0.4) is 0 Å². The van der Waals surface area contributed by atoms with Crippen molar-refractivity contribution in [2.75, 3.05) is 13.7 Å². The Hall–Kier alpha value is -2.05. The standard InChI is InChI=1S/C15H16F2N2O2/c1-21-15-10(3-2-6-19-15)8-18-9-14(20)12-7-11(16)4-5-13(12)17/h2-7,14,18,20H,8-9H2,1H3. The van der Waals surface area contributed by atoms with Gasteiger partial charge in [0.05, 0.1) is 13.2 Å². The molecule has 0 aliphatic rings. The Morgan fingerprint density at radius 1 is 1.33 bits per heavy atom. The Kier molecular flexibility index (Phi) is 5.19. The molecule has 0 bridgehead atoms. The molecule has 0 aliphatic carbocycles. The fourth-order valence-electron chi connectivity index (χ4n) is 1.97. The Morgan fingerprint density at radius 2 is 2.14 bits per heavy atom. The lowest BCUT2D eigenvalue weighted by Gasteiger charge is -2.14. The number of aliphatic hydroxyl groups is 1. The van der Waals surface area contributed by atoms with Gasteiger partial charge >= 0.3 is 0 Å². The number of benzene rings is 1. The lowest BCUT2D eigenvalue weighted by molar-refractivity contribution is 0.169. The van der Waals surface area contributed by atoms with Crippen LogP contribution < -0.4 is 10.1 Å². The van der Waals surface area contributed by atoms with Crippen LogP contribution in [0.5, 0.6) is 5.88 Å². The van der Waals surface area contributed by atoms with E-state index in [1.807, 2.05) is 6.07 Å². The number of halogens is 2. The van der Waals surface area contributed by atoms with Crippen LogP contribution in [0.15, 0.2) is 36.5 Å². The predicted octanol–water partition coefficient (Wildman–Crippen LogP) is 2.19. The van der Waals surface area contributed by atoms with Crippen molar-refractivity contribution in [3.8, 4) is 5.88 Å². The maximum Gasteiger partial charge on any atom is 0.217 e. The number of methoxy groups -OCH3 is 1. The number of ether oxygens (including phenoxy) is 1. The molecule has 1 aromatic heterocycles. The highest BCUT2D eigenvalue weighted by Gasteiger charge is 2.14. The number of pyridine rings is 1. The van der Waals surface area contributed by atoms with E-state index in [1.165, 1.54) is 7.11 Å². The van der Waals surface area contributed by atoms with E-state index in [0.717, 1.165) is 23.8 Å². The van der Waals surface area contributed by atoms with Gasteiger partial charge in [0.15, 0.2) is 0 Å². The van der Waals surface area contributed by atoms with Crippen molar-refractivity contribution >= 4 is 0 Å². The third-order valence-corrected chi connectivity index (χ3v) is 3.01. The molecule has 0 spiro atoms. The van der Waals surface area contributed by atoms with Crippen LogP contribution in [0, 0.1) is 11.6 Å². The van der Waals surface area contributed by atoms with Crippen molar-refractivity contribution < 1.29 is 18.6 Å². The molecule has 4 nitrogen and oxygen atoms in total. The summed E-state index contributed by atoms with van der Waals surface area (Å²) in [5.41, 5.74) is 0.743. The van der Waals surface area contributed by atoms with Gasteiger partial charge in [0.2, 0.25) is 5.88 Å². The van der Waals surface area contributed by atoms with Gasteiger partial charge in [-0.2, -0.15) is 0 Å². The molecule has 112 valence electrons. The lowest BCUT2D eigenvalue weighted by atomic mass is 10.1. The number of nitrogens with one attached hydrogen (secondary N) is 1. The second-order valence-corrected chi connectivity index (χ2v) is 4.48. The fraction of sp³-hybridized carbons (Fsp3) is 0.267. The summed E-state index contributed by atoms with van der Waals surface area (Å²) in [4.78, 5) is 4.04. The topological polar surface area (TPSA) is 54.4 Å². The van der Waals surface area contributed by atoms with Crippen molar-refractivity contribution in [3.63, 3.8) is 0 Å². The van der Waals surface area contributed by atoms with Crippen molar-refractivity contribution in [1.82, 2.24) is 10.3 Å². The fourth-order valence-corrected chi connectivity index (χ4v) is 1.97. The average molecular weight is 294 g/mol. The lowest BCUT2D eigenvalue weighted by Crippen LogP contribution is -2.22. The average Bonchev–Trinajstić information content (AvgIpc) is 2.50. The molecular formula is C15H16F2N2O2. The first-order valence-electron chi connectivity index (χ1n) is 6.43. The van der Waals surface area contributed by atoms with Crippen LogP contribution >= 0.6 is 0 Å². The van der Waals surface area contributed by atoms with E-state index >= 15 is 0 Å². The van der Waals surface area contributed by atoms with Crippen LogP contribution in [-0.2, 0) is 6.54 Å². The van der Waals surface area contributed by atoms with Gasteiger partial charge in [-0.15, -0.1) is 0 Å². The van der Waals surface area contributed by atoms with Crippen molar-refractivity contribution in [2.24, 2.45) is 0 Å². The summed E-state index contributed by atoms with van der Waals surface area (Å²) >= 11 is 0. The SMILES string of the molecule is COc1ncccc1CNCC(O)c1cc(F)ccc1F. The van der Waals surface area contributed by atoms with Gasteiger partial charge in [-0.25, -0.2) is 13.8 Å². The molecule has 21 heavy (non-hydrogen) atoms. The zero-order chi connectivity index (χ0) is 15.2. The Labute approximate surface area is 121 Å². The Balaban J connectivity index is 1.95. The normalized spacial score (nSPS) is 12.2. The van der Waals surface area contributed by atoms with Gasteiger partial charge in [-0.1, -0.05) is 6.07 Å². The largest absolute Gasteiger partial charge is 0.481 e. The highest BCUT2D eigenvalue weighted by Crippen LogP contribution is 2.18. The molecule has 1 aromatic carbocycles. The first-order chi connectivity index (χ1) is 10.1. The summed E-state index contributed by atoms with van der Waals surface area (Å²) < 4.78 is 31.7. The first kappa shape index (κ1) is 15.3. The van der Waals surface area contributed by atoms with Crippen molar-refractivity contribution in [2.45, 2.75) is 12.6 Å². The van der Waals surface area contributed by atoms with Gasteiger partial charge in [0.1, 0.15) is 11.6 Å². The summed E-state index contributed by atoms with van der Waals surface area (Å²) in [5, 5.41) is 12.9. The summed E-state index contributed by atoms with van der Waals surface area (Å²) in [6, 6.07) is 6.60. The molecule has 0 radical (unpaired) electrons. The molecule has 2 N–H and O–H groups in total. The summed E-state index contributed by atoms with van der Waals surface area (Å²) in [6.07, 6.45) is 0.475. The Bertz CT molecular complexity index is 608. The van der Waals surface area contributed by atoms with Crippen LogP contribution in [-0.4, -0.2) is 23.7 Å². The third-order valence-electron chi connectivity index (χ3n) is 3.01. The third kappa shape index (κ3) is 3.96.